The molecule has 2 N–H and O–H groups in total. The van der Waals surface area contributed by atoms with Gasteiger partial charge in [0.05, 0.1) is 5.56 Å². The van der Waals surface area contributed by atoms with Gasteiger partial charge in [-0.25, -0.2) is 4.79 Å². The number of carbonyl (C=O) groups excluding carboxylic acids is 2. The highest BCUT2D eigenvalue weighted by molar-refractivity contribution is 9.10. The quantitative estimate of drug-likeness (QED) is 0.789. The summed E-state index contributed by atoms with van der Waals surface area (Å²) in [6.07, 6.45) is 5.65. The summed E-state index contributed by atoms with van der Waals surface area (Å²) in [4.78, 5) is 35.0. The maximum Gasteiger partial charge on any atom is 0.350 e. The smallest absolute Gasteiger partial charge is 0.350 e. The second-order valence-electron chi connectivity index (χ2n) is 5.55. The first-order valence-corrected chi connectivity index (χ1v) is 7.76. The van der Waals surface area contributed by atoms with E-state index in [2.05, 4.69) is 31.2 Å². The summed E-state index contributed by atoms with van der Waals surface area (Å²) >= 11 is 3.00. The Balaban J connectivity index is 1.55. The van der Waals surface area contributed by atoms with Crippen molar-refractivity contribution in [1.29, 1.82) is 0 Å². The highest BCUT2D eigenvalue weighted by Crippen LogP contribution is 2.55. The van der Waals surface area contributed by atoms with Crippen molar-refractivity contribution >= 4 is 27.7 Å². The number of carbonyl (C=O) groups is 2. The molecule has 112 valence electrons. The van der Waals surface area contributed by atoms with Crippen LogP contribution in [-0.4, -0.2) is 11.8 Å². The molecule has 0 spiro atoms. The van der Waals surface area contributed by atoms with Crippen LogP contribution >= 0.6 is 15.9 Å². The molecule has 2 atom stereocenters. The predicted octanol–water partition coefficient (Wildman–Crippen LogP) is 1.60. The number of hydrazine groups is 1. The number of hydrogen-bond acceptors (Lipinski definition) is 4. The molecule has 2 aliphatic carbocycles. The van der Waals surface area contributed by atoms with E-state index in [1.165, 1.54) is 18.9 Å². The molecule has 0 aliphatic heterocycles. The van der Waals surface area contributed by atoms with Crippen molar-refractivity contribution in [2.24, 2.45) is 17.8 Å². The van der Waals surface area contributed by atoms with Gasteiger partial charge >= 0.3 is 5.63 Å². The zero-order chi connectivity index (χ0) is 15.0. The zero-order valence-electron chi connectivity index (χ0n) is 11.2. The molecule has 0 unspecified atom stereocenters. The molecule has 2 amide bonds. The van der Waals surface area contributed by atoms with Gasteiger partial charge in [0.15, 0.2) is 0 Å². The van der Waals surface area contributed by atoms with Crippen LogP contribution in [0.5, 0.6) is 0 Å². The molecule has 7 heteroatoms. The Kier molecular flexibility index (Phi) is 3.84. The first-order valence-electron chi connectivity index (χ1n) is 6.96. The largest absolute Gasteiger partial charge is 0.430 e. The lowest BCUT2D eigenvalue weighted by atomic mass is 10.0. The molecule has 2 aliphatic rings. The van der Waals surface area contributed by atoms with Gasteiger partial charge in [-0.05, 0) is 46.7 Å². The van der Waals surface area contributed by atoms with Crippen molar-refractivity contribution in [2.45, 2.75) is 25.7 Å². The molecular formula is C14H15BrN2O4. The van der Waals surface area contributed by atoms with Gasteiger partial charge in [0.2, 0.25) is 5.91 Å². The SMILES string of the molecule is O=C(NNC(=O)C1[C@@H]2CCCC[C@@H]12)c1coc(=O)c(Br)c1. The molecule has 1 heterocycles. The molecule has 0 bridgehead atoms. The second-order valence-corrected chi connectivity index (χ2v) is 6.41. The topological polar surface area (TPSA) is 88.4 Å². The molecule has 3 rings (SSSR count). The van der Waals surface area contributed by atoms with Crippen LogP contribution in [0.4, 0.5) is 0 Å². The van der Waals surface area contributed by atoms with Crippen LogP contribution in [0.1, 0.15) is 36.0 Å². The van der Waals surface area contributed by atoms with E-state index in [0.717, 1.165) is 19.1 Å². The Morgan fingerprint density at radius 3 is 2.48 bits per heavy atom. The van der Waals surface area contributed by atoms with Crippen molar-refractivity contribution in [3.63, 3.8) is 0 Å². The summed E-state index contributed by atoms with van der Waals surface area (Å²) < 4.78 is 4.84. The standard InChI is InChI=1S/C14H15BrN2O4/c15-10-5-7(6-21-14(10)20)12(18)16-17-13(19)11-8-3-1-2-4-9(8)11/h5-6,8-9,11H,1-4H2,(H,16,18)(H,17,19)/t8-,9-/m1/s1. The van der Waals surface area contributed by atoms with Gasteiger partial charge in [0, 0.05) is 5.92 Å². The lowest BCUT2D eigenvalue weighted by Gasteiger charge is -2.06. The van der Waals surface area contributed by atoms with E-state index in [4.69, 9.17) is 0 Å². The van der Waals surface area contributed by atoms with Gasteiger partial charge in [0.25, 0.3) is 5.91 Å². The number of rotatable bonds is 2. The summed E-state index contributed by atoms with van der Waals surface area (Å²) in [6, 6.07) is 1.35. The highest BCUT2D eigenvalue weighted by atomic mass is 79.9. The minimum absolute atomic E-state index is 0.0354. The first kappa shape index (κ1) is 14.3. The fraction of sp³-hybridized carbons (Fsp3) is 0.500. The van der Waals surface area contributed by atoms with E-state index >= 15 is 0 Å². The minimum Gasteiger partial charge on any atom is -0.430 e. The molecule has 2 fully saturated rings. The monoisotopic (exact) mass is 354 g/mol. The van der Waals surface area contributed by atoms with E-state index < -0.39 is 11.5 Å². The Bertz CT molecular complexity index is 630. The molecule has 6 nitrogen and oxygen atoms in total. The van der Waals surface area contributed by atoms with Crippen LogP contribution < -0.4 is 16.5 Å². The molecule has 1 aromatic heterocycles. The van der Waals surface area contributed by atoms with E-state index in [0.29, 0.717) is 11.8 Å². The Labute approximate surface area is 129 Å². The third-order valence-electron chi connectivity index (χ3n) is 4.29. The summed E-state index contributed by atoms with van der Waals surface area (Å²) in [5.74, 6) is 0.362. The minimum atomic E-state index is -0.558. The third-order valence-corrected chi connectivity index (χ3v) is 4.84. The maximum atomic E-state index is 12.0. The van der Waals surface area contributed by atoms with E-state index in [1.807, 2.05) is 0 Å². The average molecular weight is 355 g/mol. The van der Waals surface area contributed by atoms with Gasteiger partial charge in [-0.3, -0.25) is 20.4 Å². The van der Waals surface area contributed by atoms with Gasteiger partial charge in [0.1, 0.15) is 10.7 Å². The van der Waals surface area contributed by atoms with Crippen molar-refractivity contribution in [1.82, 2.24) is 10.9 Å². The predicted molar refractivity (Wildman–Crippen MR) is 77.2 cm³/mol. The van der Waals surface area contributed by atoms with Gasteiger partial charge in [-0.2, -0.15) is 0 Å². The van der Waals surface area contributed by atoms with Gasteiger partial charge < -0.3 is 4.42 Å². The lowest BCUT2D eigenvalue weighted by Crippen LogP contribution is -2.43. The molecule has 0 saturated heterocycles. The van der Waals surface area contributed by atoms with Crippen LogP contribution in [0.3, 0.4) is 0 Å². The summed E-state index contributed by atoms with van der Waals surface area (Å²) in [6.45, 7) is 0. The normalized spacial score (nSPS) is 26.6. The van der Waals surface area contributed by atoms with E-state index in [1.54, 1.807) is 0 Å². The van der Waals surface area contributed by atoms with E-state index in [-0.39, 0.29) is 21.9 Å². The van der Waals surface area contributed by atoms with Crippen LogP contribution in [0, 0.1) is 17.8 Å². The van der Waals surface area contributed by atoms with Crippen molar-refractivity contribution < 1.29 is 14.0 Å². The van der Waals surface area contributed by atoms with Gasteiger partial charge in [-0.15, -0.1) is 0 Å². The summed E-state index contributed by atoms with van der Waals surface area (Å²) in [7, 11) is 0. The molecule has 0 aromatic carbocycles. The average Bonchev–Trinajstić information content (AvgIpc) is 3.21. The van der Waals surface area contributed by atoms with Crippen LogP contribution in [-0.2, 0) is 4.79 Å². The van der Waals surface area contributed by atoms with Crippen LogP contribution in [0.25, 0.3) is 0 Å². The maximum absolute atomic E-state index is 12.0. The van der Waals surface area contributed by atoms with Crippen molar-refractivity contribution in [3.05, 3.63) is 32.8 Å². The lowest BCUT2D eigenvalue weighted by molar-refractivity contribution is -0.123. The van der Waals surface area contributed by atoms with Gasteiger partial charge in [-0.1, -0.05) is 12.8 Å². The summed E-state index contributed by atoms with van der Waals surface area (Å²) in [5, 5.41) is 0. The van der Waals surface area contributed by atoms with Crippen molar-refractivity contribution in [3.8, 4) is 0 Å². The molecule has 1 aromatic rings. The molecule has 0 radical (unpaired) electrons. The third kappa shape index (κ3) is 2.88. The number of hydrogen-bond donors (Lipinski definition) is 2. The fourth-order valence-electron chi connectivity index (χ4n) is 3.18. The Hall–Kier alpha value is -1.63. The highest BCUT2D eigenvalue weighted by Gasteiger charge is 2.54. The molecule has 21 heavy (non-hydrogen) atoms. The van der Waals surface area contributed by atoms with E-state index in [9.17, 15) is 14.4 Å². The van der Waals surface area contributed by atoms with Crippen LogP contribution in [0.15, 0.2) is 26.0 Å². The number of fused-ring (bicyclic) bond motifs is 1. The Morgan fingerprint density at radius 2 is 1.86 bits per heavy atom. The fourth-order valence-corrected chi connectivity index (χ4v) is 3.52. The number of amides is 2. The van der Waals surface area contributed by atoms with Crippen LogP contribution in [0.2, 0.25) is 0 Å². The number of nitrogens with one attached hydrogen (secondary N) is 2. The molecule has 2 saturated carbocycles. The van der Waals surface area contributed by atoms with Crippen molar-refractivity contribution in [2.75, 3.05) is 0 Å². The molecular weight excluding hydrogens is 340 g/mol. The summed E-state index contributed by atoms with van der Waals surface area (Å²) in [5.41, 5.74) is 4.42. The first-order chi connectivity index (χ1) is 10.1. The Morgan fingerprint density at radius 1 is 1.19 bits per heavy atom. The number of halogens is 1. The second kappa shape index (κ2) is 5.63. The zero-order valence-corrected chi connectivity index (χ0v) is 12.8.